The van der Waals surface area contributed by atoms with Crippen molar-refractivity contribution in [1.82, 2.24) is 0 Å². The zero-order chi connectivity index (χ0) is 13.7. The fourth-order valence-corrected chi connectivity index (χ4v) is 1.79. The lowest BCUT2D eigenvalue weighted by atomic mass is 10.1. The van der Waals surface area contributed by atoms with E-state index in [2.05, 4.69) is 10.6 Å². The largest absolute Gasteiger partial charge is 0.385 e. The molecule has 0 aliphatic carbocycles. The summed E-state index contributed by atoms with van der Waals surface area (Å²) in [5, 5.41) is 5.80. The molecule has 0 radical (unpaired) electrons. The predicted molar refractivity (Wildman–Crippen MR) is 75.0 cm³/mol. The number of nitrogens with one attached hydrogen (secondary N) is 2. The van der Waals surface area contributed by atoms with Crippen molar-refractivity contribution in [2.75, 3.05) is 17.2 Å². The number of carbonyl (C=O) groups is 1. The zero-order valence-electron chi connectivity index (χ0n) is 10.6. The molecule has 0 aliphatic heterocycles. The molecule has 1 amide bonds. The van der Waals surface area contributed by atoms with Crippen molar-refractivity contribution >= 4 is 17.3 Å². The van der Waals surface area contributed by atoms with Gasteiger partial charge in [-0.3, -0.25) is 4.79 Å². The fourth-order valence-electron chi connectivity index (χ4n) is 1.79. The van der Waals surface area contributed by atoms with Crippen LogP contribution in [-0.4, -0.2) is 12.5 Å². The van der Waals surface area contributed by atoms with Crippen LogP contribution in [0.15, 0.2) is 48.5 Å². The number of hydrogen-bond acceptors (Lipinski definition) is 2. The van der Waals surface area contributed by atoms with Crippen molar-refractivity contribution < 1.29 is 9.18 Å². The first kappa shape index (κ1) is 13.1. The molecule has 0 spiro atoms. The second-order valence-electron chi connectivity index (χ2n) is 4.04. The molecule has 0 heterocycles. The lowest BCUT2D eigenvalue weighted by molar-refractivity contribution is 0.102. The van der Waals surface area contributed by atoms with E-state index >= 15 is 0 Å². The van der Waals surface area contributed by atoms with E-state index in [1.807, 2.05) is 19.1 Å². The minimum Gasteiger partial charge on any atom is -0.385 e. The van der Waals surface area contributed by atoms with Gasteiger partial charge in [-0.2, -0.15) is 0 Å². The van der Waals surface area contributed by atoms with Crippen LogP contribution in [0.3, 0.4) is 0 Å². The van der Waals surface area contributed by atoms with Crippen molar-refractivity contribution in [3.63, 3.8) is 0 Å². The van der Waals surface area contributed by atoms with E-state index in [1.165, 1.54) is 12.1 Å². The van der Waals surface area contributed by atoms with Gasteiger partial charge in [-0.1, -0.05) is 18.2 Å². The van der Waals surface area contributed by atoms with E-state index in [0.29, 0.717) is 11.3 Å². The lowest BCUT2D eigenvalue weighted by Gasteiger charge is -2.11. The van der Waals surface area contributed by atoms with Crippen LogP contribution in [0, 0.1) is 5.82 Å². The maximum Gasteiger partial charge on any atom is 0.257 e. The van der Waals surface area contributed by atoms with Gasteiger partial charge in [-0.15, -0.1) is 0 Å². The third-order valence-electron chi connectivity index (χ3n) is 2.62. The Balaban J connectivity index is 2.20. The Kier molecular flexibility index (Phi) is 4.13. The second kappa shape index (κ2) is 6.00. The highest BCUT2D eigenvalue weighted by atomic mass is 19.1. The highest BCUT2D eigenvalue weighted by Crippen LogP contribution is 2.17. The predicted octanol–water partition coefficient (Wildman–Crippen LogP) is 3.51. The van der Waals surface area contributed by atoms with Gasteiger partial charge >= 0.3 is 0 Å². The molecule has 2 aromatic carbocycles. The number of hydrogen-bond donors (Lipinski definition) is 2. The van der Waals surface area contributed by atoms with Gasteiger partial charge in [-0.25, -0.2) is 4.39 Å². The summed E-state index contributed by atoms with van der Waals surface area (Å²) in [5.74, 6) is -0.639. The molecular weight excluding hydrogens is 243 g/mol. The SMILES string of the molecule is CCNc1ccccc1C(=O)Nc1cccc(F)c1. The van der Waals surface area contributed by atoms with Crippen LogP contribution in [0.1, 0.15) is 17.3 Å². The third-order valence-corrected chi connectivity index (χ3v) is 2.62. The van der Waals surface area contributed by atoms with E-state index < -0.39 is 0 Å². The molecule has 0 saturated carbocycles. The van der Waals surface area contributed by atoms with Crippen molar-refractivity contribution in [3.05, 3.63) is 59.9 Å². The van der Waals surface area contributed by atoms with Crippen LogP contribution in [0.4, 0.5) is 15.8 Å². The Labute approximate surface area is 111 Å². The van der Waals surface area contributed by atoms with Gasteiger partial charge in [0, 0.05) is 17.9 Å². The number of benzene rings is 2. The zero-order valence-corrected chi connectivity index (χ0v) is 10.6. The number of carbonyl (C=O) groups excluding carboxylic acids is 1. The summed E-state index contributed by atoms with van der Waals surface area (Å²) in [4.78, 5) is 12.1. The summed E-state index contributed by atoms with van der Waals surface area (Å²) in [7, 11) is 0. The molecule has 0 saturated heterocycles. The molecule has 0 bridgehead atoms. The topological polar surface area (TPSA) is 41.1 Å². The maximum atomic E-state index is 13.1. The van der Waals surface area contributed by atoms with Crippen LogP contribution in [0.5, 0.6) is 0 Å². The van der Waals surface area contributed by atoms with Crippen LogP contribution in [0.25, 0.3) is 0 Å². The second-order valence-corrected chi connectivity index (χ2v) is 4.04. The van der Waals surface area contributed by atoms with Gasteiger partial charge in [0.2, 0.25) is 0 Å². The molecule has 0 aliphatic rings. The number of amides is 1. The highest BCUT2D eigenvalue weighted by molar-refractivity contribution is 6.08. The van der Waals surface area contributed by atoms with E-state index in [4.69, 9.17) is 0 Å². The molecule has 3 nitrogen and oxygen atoms in total. The molecular formula is C15H15FN2O. The average molecular weight is 258 g/mol. The van der Waals surface area contributed by atoms with Crippen LogP contribution >= 0.6 is 0 Å². The Hall–Kier alpha value is -2.36. The van der Waals surface area contributed by atoms with Crippen molar-refractivity contribution in [3.8, 4) is 0 Å². The maximum absolute atomic E-state index is 13.1. The van der Waals surface area contributed by atoms with Gasteiger partial charge < -0.3 is 10.6 Å². The van der Waals surface area contributed by atoms with E-state index in [0.717, 1.165) is 12.2 Å². The highest BCUT2D eigenvalue weighted by Gasteiger charge is 2.10. The molecule has 98 valence electrons. The molecule has 2 N–H and O–H groups in total. The minimum absolute atomic E-state index is 0.262. The lowest BCUT2D eigenvalue weighted by Crippen LogP contribution is -2.14. The molecule has 0 fully saturated rings. The van der Waals surface area contributed by atoms with Gasteiger partial charge in [0.15, 0.2) is 0 Å². The third kappa shape index (κ3) is 3.31. The standard InChI is InChI=1S/C15H15FN2O/c1-2-17-14-9-4-3-8-13(14)15(19)18-12-7-5-6-11(16)10-12/h3-10,17H,2H2,1H3,(H,18,19). The molecule has 0 aromatic heterocycles. The van der Waals surface area contributed by atoms with Crippen LogP contribution in [-0.2, 0) is 0 Å². The van der Waals surface area contributed by atoms with Gasteiger partial charge in [0.05, 0.1) is 5.56 Å². The van der Waals surface area contributed by atoms with Crippen molar-refractivity contribution in [1.29, 1.82) is 0 Å². The molecule has 0 atom stereocenters. The Bertz CT molecular complexity index is 584. The van der Waals surface area contributed by atoms with Crippen molar-refractivity contribution in [2.45, 2.75) is 6.92 Å². The van der Waals surface area contributed by atoms with Gasteiger partial charge in [-0.05, 0) is 37.3 Å². The first-order valence-corrected chi connectivity index (χ1v) is 6.10. The monoisotopic (exact) mass is 258 g/mol. The van der Waals surface area contributed by atoms with Crippen LogP contribution < -0.4 is 10.6 Å². The number of halogens is 1. The normalized spacial score (nSPS) is 10.0. The Morgan fingerprint density at radius 3 is 2.68 bits per heavy atom. The van der Waals surface area contributed by atoms with Crippen LogP contribution in [0.2, 0.25) is 0 Å². The summed E-state index contributed by atoms with van der Waals surface area (Å²) in [5.41, 5.74) is 1.74. The smallest absolute Gasteiger partial charge is 0.257 e. The summed E-state index contributed by atoms with van der Waals surface area (Å²) in [6, 6.07) is 13.0. The molecule has 2 aromatic rings. The van der Waals surface area contributed by atoms with Crippen molar-refractivity contribution in [2.24, 2.45) is 0 Å². The summed E-state index contributed by atoms with van der Waals surface area (Å²) in [6.45, 7) is 2.69. The van der Waals surface area contributed by atoms with E-state index in [1.54, 1.807) is 24.3 Å². The molecule has 19 heavy (non-hydrogen) atoms. The van der Waals surface area contributed by atoms with E-state index in [9.17, 15) is 9.18 Å². The quantitative estimate of drug-likeness (QED) is 0.881. The van der Waals surface area contributed by atoms with Gasteiger partial charge in [0.25, 0.3) is 5.91 Å². The fraction of sp³-hybridized carbons (Fsp3) is 0.133. The number of rotatable bonds is 4. The Morgan fingerprint density at radius 1 is 1.16 bits per heavy atom. The van der Waals surface area contributed by atoms with Gasteiger partial charge in [0.1, 0.15) is 5.82 Å². The first-order chi connectivity index (χ1) is 9.20. The summed E-state index contributed by atoms with van der Waals surface area (Å²) >= 11 is 0. The molecule has 2 rings (SSSR count). The first-order valence-electron chi connectivity index (χ1n) is 6.10. The molecule has 0 unspecified atom stereocenters. The number of anilines is 2. The number of para-hydroxylation sites is 1. The summed E-state index contributed by atoms with van der Waals surface area (Å²) in [6.07, 6.45) is 0. The average Bonchev–Trinajstić information content (AvgIpc) is 2.39. The summed E-state index contributed by atoms with van der Waals surface area (Å²) < 4.78 is 13.1. The molecule has 4 heteroatoms. The minimum atomic E-state index is -0.377. The Morgan fingerprint density at radius 2 is 1.95 bits per heavy atom. The van der Waals surface area contributed by atoms with E-state index in [-0.39, 0.29) is 11.7 Å².